The number of methoxy groups -OCH3 is 1. The third-order valence-electron chi connectivity index (χ3n) is 3.71. The molecule has 1 unspecified atom stereocenters. The maximum atomic E-state index is 9.94. The summed E-state index contributed by atoms with van der Waals surface area (Å²) >= 11 is 0. The van der Waals surface area contributed by atoms with Crippen molar-refractivity contribution in [2.45, 2.75) is 18.9 Å². The number of benzene rings is 1. The van der Waals surface area contributed by atoms with Gasteiger partial charge >= 0.3 is 0 Å². The van der Waals surface area contributed by atoms with E-state index in [0.717, 1.165) is 38.2 Å². The number of hydrogen-bond acceptors (Lipinski definition) is 4. The Morgan fingerprint density at radius 3 is 2.50 bits per heavy atom. The molecule has 0 aliphatic heterocycles. The Balaban J connectivity index is 2.74. The molecule has 20 heavy (non-hydrogen) atoms. The fourth-order valence-corrected chi connectivity index (χ4v) is 2.40. The molecule has 1 aromatic rings. The lowest BCUT2D eigenvalue weighted by atomic mass is 9.87. The van der Waals surface area contributed by atoms with Gasteiger partial charge in [0.15, 0.2) is 0 Å². The van der Waals surface area contributed by atoms with Gasteiger partial charge in [0.2, 0.25) is 0 Å². The first-order chi connectivity index (χ1) is 9.68. The molecule has 0 saturated heterocycles. The van der Waals surface area contributed by atoms with Crippen LogP contribution in [-0.2, 0) is 10.3 Å². The molecule has 1 atom stereocenters. The predicted octanol–water partition coefficient (Wildman–Crippen LogP) is 1.45. The van der Waals surface area contributed by atoms with Gasteiger partial charge in [-0.05, 0) is 25.6 Å². The van der Waals surface area contributed by atoms with Crippen LogP contribution in [0.1, 0.15) is 18.9 Å². The van der Waals surface area contributed by atoms with Gasteiger partial charge in [-0.25, -0.2) is 0 Å². The Hall–Kier alpha value is -0.940. The molecule has 4 nitrogen and oxygen atoms in total. The first-order valence-electron chi connectivity index (χ1n) is 7.27. The zero-order valence-corrected chi connectivity index (χ0v) is 12.9. The van der Waals surface area contributed by atoms with Gasteiger partial charge < -0.3 is 20.1 Å². The van der Waals surface area contributed by atoms with E-state index in [-0.39, 0.29) is 12.1 Å². The van der Waals surface area contributed by atoms with Crippen molar-refractivity contribution in [3.63, 3.8) is 0 Å². The molecule has 0 saturated carbocycles. The summed E-state index contributed by atoms with van der Waals surface area (Å²) in [6.45, 7) is 5.54. The third kappa shape index (κ3) is 4.87. The molecule has 2 N–H and O–H groups in total. The molecule has 0 aliphatic rings. The Kier molecular flexibility index (Phi) is 7.77. The number of nitrogens with one attached hydrogen (secondary N) is 1. The van der Waals surface area contributed by atoms with Crippen LogP contribution in [0.3, 0.4) is 0 Å². The molecule has 4 heteroatoms. The number of aliphatic hydroxyl groups excluding tert-OH is 1. The molecule has 0 spiro atoms. The molecule has 1 rings (SSSR count). The van der Waals surface area contributed by atoms with E-state index in [9.17, 15) is 5.11 Å². The minimum absolute atomic E-state index is 0.100. The van der Waals surface area contributed by atoms with Gasteiger partial charge in [0, 0.05) is 20.2 Å². The van der Waals surface area contributed by atoms with Gasteiger partial charge in [-0.15, -0.1) is 0 Å². The van der Waals surface area contributed by atoms with E-state index in [1.165, 1.54) is 0 Å². The fraction of sp³-hybridized carbons (Fsp3) is 0.625. The van der Waals surface area contributed by atoms with Crippen LogP contribution in [0.25, 0.3) is 0 Å². The highest BCUT2D eigenvalue weighted by atomic mass is 16.5. The van der Waals surface area contributed by atoms with E-state index in [1.54, 1.807) is 7.11 Å². The number of ether oxygens (including phenoxy) is 1. The lowest BCUT2D eigenvalue weighted by molar-refractivity contribution is 0.124. The van der Waals surface area contributed by atoms with Crippen molar-refractivity contribution in [3.05, 3.63) is 35.9 Å². The van der Waals surface area contributed by atoms with E-state index in [2.05, 4.69) is 36.3 Å². The van der Waals surface area contributed by atoms with E-state index in [0.29, 0.717) is 0 Å². The van der Waals surface area contributed by atoms with Crippen molar-refractivity contribution in [1.29, 1.82) is 0 Å². The van der Waals surface area contributed by atoms with Crippen molar-refractivity contribution >= 4 is 0 Å². The number of hydrogen-bond donors (Lipinski definition) is 2. The number of nitrogens with zero attached hydrogens (tertiary/aromatic N) is 1. The second kappa shape index (κ2) is 9.08. The van der Waals surface area contributed by atoms with E-state index in [1.807, 2.05) is 18.2 Å². The summed E-state index contributed by atoms with van der Waals surface area (Å²) in [7, 11) is 3.80. The molecule has 114 valence electrons. The maximum absolute atomic E-state index is 9.94. The third-order valence-corrected chi connectivity index (χ3v) is 3.71. The topological polar surface area (TPSA) is 44.7 Å². The highest BCUT2D eigenvalue weighted by Crippen LogP contribution is 2.24. The smallest absolute Gasteiger partial charge is 0.0681 e. The van der Waals surface area contributed by atoms with Crippen molar-refractivity contribution in [2.75, 3.05) is 47.0 Å². The van der Waals surface area contributed by atoms with Crippen LogP contribution >= 0.6 is 0 Å². The normalized spacial score (nSPS) is 14.4. The van der Waals surface area contributed by atoms with Gasteiger partial charge in [0.1, 0.15) is 0 Å². The standard InChI is InChI=1S/C16H28N2O2/c1-4-17-16(14-19,15-8-6-5-7-9-15)10-11-18(2)12-13-20-3/h5-9,17,19H,4,10-14H2,1-3H3. The number of likely N-dealkylation sites (N-methyl/N-ethyl adjacent to an activating group) is 2. The summed E-state index contributed by atoms with van der Waals surface area (Å²) in [6, 6.07) is 10.2. The van der Waals surface area contributed by atoms with Gasteiger partial charge in [0.25, 0.3) is 0 Å². The van der Waals surface area contributed by atoms with Crippen molar-refractivity contribution < 1.29 is 9.84 Å². The van der Waals surface area contributed by atoms with E-state index >= 15 is 0 Å². The minimum atomic E-state index is -0.364. The van der Waals surface area contributed by atoms with E-state index < -0.39 is 0 Å². The molecule has 0 aromatic heterocycles. The van der Waals surface area contributed by atoms with Crippen LogP contribution in [-0.4, -0.2) is 57.0 Å². The van der Waals surface area contributed by atoms with Gasteiger partial charge in [-0.1, -0.05) is 37.3 Å². The Labute approximate surface area is 122 Å². The van der Waals surface area contributed by atoms with Crippen molar-refractivity contribution in [3.8, 4) is 0 Å². The Bertz CT molecular complexity index is 359. The maximum Gasteiger partial charge on any atom is 0.0681 e. The van der Waals surface area contributed by atoms with Gasteiger partial charge in [-0.3, -0.25) is 0 Å². The lowest BCUT2D eigenvalue weighted by Gasteiger charge is -2.35. The van der Waals surface area contributed by atoms with Crippen molar-refractivity contribution in [2.24, 2.45) is 0 Å². The average Bonchev–Trinajstić information content (AvgIpc) is 2.50. The SMILES string of the molecule is CCNC(CO)(CCN(C)CCOC)c1ccccc1. The molecule has 0 aliphatic carbocycles. The molecule has 0 heterocycles. The highest BCUT2D eigenvalue weighted by molar-refractivity contribution is 5.24. The molecule has 0 fully saturated rings. The van der Waals surface area contributed by atoms with Gasteiger partial charge in [-0.2, -0.15) is 0 Å². The monoisotopic (exact) mass is 280 g/mol. The summed E-state index contributed by atoms with van der Waals surface area (Å²) in [5.41, 5.74) is 0.779. The largest absolute Gasteiger partial charge is 0.394 e. The molecule has 0 radical (unpaired) electrons. The Morgan fingerprint density at radius 2 is 1.95 bits per heavy atom. The summed E-state index contributed by atoms with van der Waals surface area (Å²) in [5.74, 6) is 0. The molecule has 1 aromatic carbocycles. The fourth-order valence-electron chi connectivity index (χ4n) is 2.40. The van der Waals surface area contributed by atoms with Crippen LogP contribution < -0.4 is 5.32 Å². The van der Waals surface area contributed by atoms with Crippen LogP contribution in [0.2, 0.25) is 0 Å². The first kappa shape index (κ1) is 17.1. The van der Waals surface area contributed by atoms with Crippen LogP contribution in [0, 0.1) is 0 Å². The first-order valence-corrected chi connectivity index (χ1v) is 7.27. The summed E-state index contributed by atoms with van der Waals surface area (Å²) < 4.78 is 5.10. The summed E-state index contributed by atoms with van der Waals surface area (Å²) in [5, 5.41) is 13.4. The van der Waals surface area contributed by atoms with Crippen molar-refractivity contribution in [1.82, 2.24) is 10.2 Å². The van der Waals surface area contributed by atoms with Gasteiger partial charge in [0.05, 0.1) is 18.8 Å². The number of rotatable bonds is 10. The minimum Gasteiger partial charge on any atom is -0.394 e. The zero-order chi connectivity index (χ0) is 14.8. The highest BCUT2D eigenvalue weighted by Gasteiger charge is 2.30. The zero-order valence-electron chi connectivity index (χ0n) is 12.9. The summed E-state index contributed by atoms with van der Waals surface area (Å²) in [6.07, 6.45) is 0.863. The van der Waals surface area contributed by atoms with E-state index in [4.69, 9.17) is 4.74 Å². The average molecular weight is 280 g/mol. The molecule has 0 bridgehead atoms. The van der Waals surface area contributed by atoms with Crippen LogP contribution in [0.4, 0.5) is 0 Å². The predicted molar refractivity (Wildman–Crippen MR) is 82.9 cm³/mol. The molecule has 0 amide bonds. The Morgan fingerprint density at radius 1 is 1.25 bits per heavy atom. The quantitative estimate of drug-likeness (QED) is 0.681. The second-order valence-electron chi connectivity index (χ2n) is 5.18. The second-order valence-corrected chi connectivity index (χ2v) is 5.18. The molecular weight excluding hydrogens is 252 g/mol. The van der Waals surface area contributed by atoms with Crippen LogP contribution in [0.15, 0.2) is 30.3 Å². The summed E-state index contributed by atoms with van der Waals surface area (Å²) in [4.78, 5) is 2.23. The number of aliphatic hydroxyl groups is 1. The lowest BCUT2D eigenvalue weighted by Crippen LogP contribution is -2.47. The molecular formula is C16H28N2O2. The van der Waals surface area contributed by atoms with Crippen LogP contribution in [0.5, 0.6) is 0 Å².